The minimum Gasteiger partial charge on any atom is -0.497 e. The number of nitrogens with zero attached hydrogens (tertiary/aromatic N) is 2. The molecule has 2 aromatic carbocycles. The Morgan fingerprint density at radius 3 is 2.32 bits per heavy atom. The molecule has 14 heteroatoms. The summed E-state index contributed by atoms with van der Waals surface area (Å²) < 4.78 is 43.6. The summed E-state index contributed by atoms with van der Waals surface area (Å²) in [7, 11) is 0.840. The molecule has 0 saturated carbocycles. The van der Waals surface area contributed by atoms with Crippen LogP contribution in [0.3, 0.4) is 0 Å². The first-order valence-electron chi connectivity index (χ1n) is 10.9. The molecule has 37 heavy (non-hydrogen) atoms. The zero-order valence-electron chi connectivity index (χ0n) is 20.4. The van der Waals surface area contributed by atoms with Gasteiger partial charge in [-0.3, -0.25) is 4.79 Å². The summed E-state index contributed by atoms with van der Waals surface area (Å²) in [5, 5.41) is 8.78. The van der Waals surface area contributed by atoms with Crippen molar-refractivity contribution < 1.29 is 27.4 Å². The number of hydrogen-bond acceptors (Lipinski definition) is 10. The number of aromatic nitrogens is 2. The number of hydrogen-bond donors (Lipinski definition) is 4. The van der Waals surface area contributed by atoms with Crippen molar-refractivity contribution in [3.8, 4) is 17.2 Å². The second kappa shape index (κ2) is 12.9. The van der Waals surface area contributed by atoms with Gasteiger partial charge in [-0.2, -0.15) is 4.98 Å². The summed E-state index contributed by atoms with van der Waals surface area (Å²) in [6, 6.07) is 10.2. The largest absolute Gasteiger partial charge is 0.497 e. The molecule has 0 fully saturated rings. The molecule has 0 aliphatic heterocycles. The maximum Gasteiger partial charge on any atom is 0.229 e. The number of methoxy groups -OCH3 is 3. The quantitative estimate of drug-likeness (QED) is 0.174. The smallest absolute Gasteiger partial charge is 0.229 e. The monoisotopic (exact) mass is 550 g/mol. The van der Waals surface area contributed by atoms with E-state index in [2.05, 4.69) is 30.6 Å². The van der Waals surface area contributed by atoms with Gasteiger partial charge in [-0.15, -0.1) is 0 Å². The van der Waals surface area contributed by atoms with Gasteiger partial charge in [-0.05, 0) is 35.9 Å². The minimum absolute atomic E-state index is 0.0510. The molecule has 0 aliphatic rings. The standard InChI is InChI=1S/C23H27ClN6O6S/c1-34-16-4-6-19(15(10-16)13-37(32,33)27-9-8-25-14-31)28-22-18(24)12-26-23(30-22)29-20-7-5-17(35-2)11-21(20)36-3/h4-7,10-12,14,27H,8-9,13H2,1-3H3,(H,25,31)(H2,26,28,29,30). The Kier molecular flexibility index (Phi) is 9.71. The molecule has 0 radical (unpaired) electrons. The highest BCUT2D eigenvalue weighted by Gasteiger charge is 2.17. The number of nitrogens with one attached hydrogen (secondary N) is 4. The number of amides is 1. The number of carbonyl (C=O) groups is 1. The Labute approximate surface area is 219 Å². The van der Waals surface area contributed by atoms with E-state index in [9.17, 15) is 13.2 Å². The molecule has 1 heterocycles. The first-order chi connectivity index (χ1) is 17.8. The average Bonchev–Trinajstić information content (AvgIpc) is 2.89. The van der Waals surface area contributed by atoms with E-state index in [1.54, 1.807) is 43.5 Å². The third kappa shape index (κ3) is 7.84. The summed E-state index contributed by atoms with van der Waals surface area (Å²) in [5.41, 5.74) is 1.46. The fourth-order valence-electron chi connectivity index (χ4n) is 3.20. The molecule has 3 rings (SSSR count). The molecule has 1 amide bonds. The predicted molar refractivity (Wildman–Crippen MR) is 141 cm³/mol. The molecule has 0 atom stereocenters. The Balaban J connectivity index is 1.86. The Bertz CT molecular complexity index is 1340. The van der Waals surface area contributed by atoms with E-state index in [-0.39, 0.29) is 35.6 Å². The van der Waals surface area contributed by atoms with Crippen molar-refractivity contribution in [1.29, 1.82) is 0 Å². The molecule has 0 aliphatic carbocycles. The van der Waals surface area contributed by atoms with E-state index in [0.29, 0.717) is 40.6 Å². The van der Waals surface area contributed by atoms with Gasteiger partial charge in [-0.25, -0.2) is 18.1 Å². The SMILES string of the molecule is COc1ccc(Nc2nc(Nc3ccc(OC)cc3OC)ncc2Cl)c(CS(=O)(=O)NCCNC=O)c1. The lowest BCUT2D eigenvalue weighted by molar-refractivity contribution is -0.109. The number of sulfonamides is 1. The van der Waals surface area contributed by atoms with Crippen molar-refractivity contribution >= 4 is 51.2 Å². The van der Waals surface area contributed by atoms with Gasteiger partial charge in [0.25, 0.3) is 0 Å². The topological polar surface area (TPSA) is 153 Å². The summed E-state index contributed by atoms with van der Waals surface area (Å²) in [6.07, 6.45) is 1.91. The van der Waals surface area contributed by atoms with Crippen LogP contribution in [0.4, 0.5) is 23.1 Å². The van der Waals surface area contributed by atoms with Crippen LogP contribution in [0, 0.1) is 0 Å². The van der Waals surface area contributed by atoms with Crippen molar-refractivity contribution in [3.05, 3.63) is 53.2 Å². The van der Waals surface area contributed by atoms with Crippen molar-refractivity contribution in [3.63, 3.8) is 0 Å². The van der Waals surface area contributed by atoms with Crippen LogP contribution in [-0.2, 0) is 20.6 Å². The van der Waals surface area contributed by atoms with Crippen LogP contribution >= 0.6 is 11.6 Å². The Morgan fingerprint density at radius 1 is 0.946 bits per heavy atom. The molecule has 198 valence electrons. The van der Waals surface area contributed by atoms with Crippen molar-refractivity contribution in [1.82, 2.24) is 20.0 Å². The molecular weight excluding hydrogens is 524 g/mol. The highest BCUT2D eigenvalue weighted by atomic mass is 35.5. The predicted octanol–water partition coefficient (Wildman–Crippen LogP) is 2.81. The fraction of sp³-hybridized carbons (Fsp3) is 0.261. The van der Waals surface area contributed by atoms with Crippen LogP contribution in [0.2, 0.25) is 5.02 Å². The Morgan fingerprint density at radius 2 is 1.65 bits per heavy atom. The second-order valence-corrected chi connectivity index (χ2v) is 9.67. The highest BCUT2D eigenvalue weighted by molar-refractivity contribution is 7.88. The average molecular weight is 551 g/mol. The summed E-state index contributed by atoms with van der Waals surface area (Å²) in [5.74, 6) is 1.73. The van der Waals surface area contributed by atoms with Crippen LogP contribution < -0.4 is 34.9 Å². The lowest BCUT2D eigenvalue weighted by Crippen LogP contribution is -2.32. The van der Waals surface area contributed by atoms with Gasteiger partial charge in [0, 0.05) is 24.8 Å². The molecular formula is C23H27ClN6O6S. The molecule has 4 N–H and O–H groups in total. The van der Waals surface area contributed by atoms with Gasteiger partial charge in [0.2, 0.25) is 22.4 Å². The third-order valence-electron chi connectivity index (χ3n) is 4.98. The molecule has 0 spiro atoms. The molecule has 1 aromatic heterocycles. The fourth-order valence-corrected chi connectivity index (χ4v) is 4.50. The lowest BCUT2D eigenvalue weighted by Gasteiger charge is -2.16. The minimum atomic E-state index is -3.73. The number of ether oxygens (including phenoxy) is 3. The van der Waals surface area contributed by atoms with E-state index in [0.717, 1.165) is 0 Å². The van der Waals surface area contributed by atoms with Crippen molar-refractivity contribution in [2.75, 3.05) is 45.1 Å². The first kappa shape index (κ1) is 27.8. The van der Waals surface area contributed by atoms with Gasteiger partial charge in [0.05, 0.1) is 39.0 Å². The van der Waals surface area contributed by atoms with E-state index >= 15 is 0 Å². The number of benzene rings is 2. The lowest BCUT2D eigenvalue weighted by atomic mass is 10.2. The van der Waals surface area contributed by atoms with Gasteiger partial charge in [0.15, 0.2) is 5.82 Å². The van der Waals surface area contributed by atoms with Gasteiger partial charge in [-0.1, -0.05) is 11.6 Å². The van der Waals surface area contributed by atoms with Gasteiger partial charge < -0.3 is 30.2 Å². The van der Waals surface area contributed by atoms with Crippen LogP contribution in [0.5, 0.6) is 17.2 Å². The summed E-state index contributed by atoms with van der Waals surface area (Å²) in [4.78, 5) is 19.0. The normalized spacial score (nSPS) is 10.9. The number of halogens is 1. The molecule has 0 unspecified atom stereocenters. The van der Waals surface area contributed by atoms with Crippen LogP contribution in [0.1, 0.15) is 5.56 Å². The van der Waals surface area contributed by atoms with Gasteiger partial charge >= 0.3 is 0 Å². The molecule has 0 saturated heterocycles. The van der Waals surface area contributed by atoms with E-state index in [1.807, 2.05) is 0 Å². The van der Waals surface area contributed by atoms with Crippen molar-refractivity contribution in [2.24, 2.45) is 0 Å². The molecule has 0 bridgehead atoms. The van der Waals surface area contributed by atoms with E-state index in [1.165, 1.54) is 20.4 Å². The Hall–Kier alpha value is -3.81. The van der Waals surface area contributed by atoms with E-state index in [4.69, 9.17) is 25.8 Å². The number of rotatable bonds is 14. The molecule has 12 nitrogen and oxygen atoms in total. The molecule has 3 aromatic rings. The number of carbonyl (C=O) groups excluding carboxylic acids is 1. The third-order valence-corrected chi connectivity index (χ3v) is 6.60. The summed E-state index contributed by atoms with van der Waals surface area (Å²) in [6.45, 7) is 0.215. The second-order valence-electron chi connectivity index (χ2n) is 7.45. The maximum absolute atomic E-state index is 12.6. The number of anilines is 4. The maximum atomic E-state index is 12.6. The first-order valence-corrected chi connectivity index (χ1v) is 12.9. The van der Waals surface area contributed by atoms with Crippen LogP contribution in [0.25, 0.3) is 0 Å². The van der Waals surface area contributed by atoms with Gasteiger partial charge in [0.1, 0.15) is 22.3 Å². The van der Waals surface area contributed by atoms with E-state index < -0.39 is 10.0 Å². The van der Waals surface area contributed by atoms with Crippen molar-refractivity contribution in [2.45, 2.75) is 5.75 Å². The summed E-state index contributed by atoms with van der Waals surface area (Å²) >= 11 is 6.34. The van der Waals surface area contributed by atoms with Crippen LogP contribution in [-0.4, -0.2) is 59.2 Å². The highest BCUT2D eigenvalue weighted by Crippen LogP contribution is 2.33. The zero-order valence-corrected chi connectivity index (χ0v) is 21.9. The zero-order chi connectivity index (χ0) is 26.8. The van der Waals surface area contributed by atoms with Crippen LogP contribution in [0.15, 0.2) is 42.6 Å².